The SMILES string of the molecule is CCCCCCCCCCCCCCCCCCCCC(O)C(CO)NC(=O)CCCCCCCCCCCC/C=C\CCCCCCCCCCCCCCOC(=O)CCCCCCCCCCCCCCCCCC. The first-order chi connectivity index (χ1) is 38.0. The van der Waals surface area contributed by atoms with Crippen LogP contribution in [0.2, 0.25) is 0 Å². The smallest absolute Gasteiger partial charge is 0.305 e. The maximum absolute atomic E-state index is 12.5. The largest absolute Gasteiger partial charge is 0.466 e. The molecule has 0 aliphatic carbocycles. The molecule has 3 N–H and O–H groups in total. The summed E-state index contributed by atoms with van der Waals surface area (Å²) in [6.45, 7) is 5.00. The Hall–Kier alpha value is -1.40. The van der Waals surface area contributed by atoms with Crippen molar-refractivity contribution in [3.05, 3.63) is 12.2 Å². The maximum atomic E-state index is 12.5. The number of allylic oxidation sites excluding steroid dienone is 2. The number of hydrogen-bond acceptors (Lipinski definition) is 5. The van der Waals surface area contributed by atoms with Crippen LogP contribution in [0.3, 0.4) is 0 Å². The maximum Gasteiger partial charge on any atom is 0.305 e. The zero-order valence-electron chi connectivity index (χ0n) is 52.5. The zero-order chi connectivity index (χ0) is 55.7. The van der Waals surface area contributed by atoms with Gasteiger partial charge in [0.2, 0.25) is 5.91 Å². The highest BCUT2D eigenvalue weighted by atomic mass is 16.5. The minimum absolute atomic E-state index is 0.0189. The van der Waals surface area contributed by atoms with Gasteiger partial charge in [0, 0.05) is 12.8 Å². The molecule has 6 nitrogen and oxygen atoms in total. The molecule has 6 heteroatoms. The molecule has 77 heavy (non-hydrogen) atoms. The molecular weight excluding hydrogens is 947 g/mol. The van der Waals surface area contributed by atoms with Crippen LogP contribution in [-0.2, 0) is 14.3 Å². The summed E-state index contributed by atoms with van der Waals surface area (Å²) in [4.78, 5) is 24.6. The minimum atomic E-state index is -0.665. The average Bonchev–Trinajstić information content (AvgIpc) is 3.43. The van der Waals surface area contributed by atoms with Gasteiger partial charge in [-0.3, -0.25) is 9.59 Å². The van der Waals surface area contributed by atoms with Crippen LogP contribution in [0.4, 0.5) is 0 Å². The van der Waals surface area contributed by atoms with E-state index >= 15 is 0 Å². The molecule has 0 spiro atoms. The molecule has 0 aromatic carbocycles. The Balaban J connectivity index is 3.37. The number of hydrogen-bond donors (Lipinski definition) is 3. The molecule has 0 aromatic rings. The lowest BCUT2D eigenvalue weighted by atomic mass is 10.0. The van der Waals surface area contributed by atoms with Crippen LogP contribution in [0, 0.1) is 0 Å². The molecule has 0 fully saturated rings. The van der Waals surface area contributed by atoms with E-state index in [-0.39, 0.29) is 18.5 Å². The van der Waals surface area contributed by atoms with Crippen LogP contribution in [-0.4, -0.2) is 47.4 Å². The summed E-state index contributed by atoms with van der Waals surface area (Å²) in [5, 5.41) is 23.4. The summed E-state index contributed by atoms with van der Waals surface area (Å²) >= 11 is 0. The molecule has 0 radical (unpaired) electrons. The summed E-state index contributed by atoms with van der Waals surface area (Å²) in [5.41, 5.74) is 0. The number of aliphatic hydroxyl groups excluding tert-OH is 2. The Bertz CT molecular complexity index is 1160. The molecule has 2 atom stereocenters. The molecule has 0 rings (SSSR count). The van der Waals surface area contributed by atoms with Crippen molar-refractivity contribution in [1.29, 1.82) is 0 Å². The second-order valence-electron chi connectivity index (χ2n) is 24.6. The minimum Gasteiger partial charge on any atom is -0.466 e. The van der Waals surface area contributed by atoms with Crippen molar-refractivity contribution in [2.75, 3.05) is 13.2 Å². The third kappa shape index (κ3) is 63.6. The third-order valence-electron chi connectivity index (χ3n) is 16.8. The number of ether oxygens (including phenoxy) is 1. The molecular formula is C71H139NO5. The highest BCUT2D eigenvalue weighted by Gasteiger charge is 2.20. The molecule has 0 aromatic heterocycles. The fourth-order valence-electron chi connectivity index (χ4n) is 11.4. The predicted molar refractivity (Wildman–Crippen MR) is 338 cm³/mol. The van der Waals surface area contributed by atoms with Crippen molar-refractivity contribution in [3.63, 3.8) is 0 Å². The van der Waals surface area contributed by atoms with Crippen LogP contribution >= 0.6 is 0 Å². The first-order valence-corrected chi connectivity index (χ1v) is 35.4. The first-order valence-electron chi connectivity index (χ1n) is 35.4. The monoisotopic (exact) mass is 1090 g/mol. The van der Waals surface area contributed by atoms with Crippen LogP contribution in [0.5, 0.6) is 0 Å². The van der Waals surface area contributed by atoms with E-state index in [1.165, 1.54) is 334 Å². The van der Waals surface area contributed by atoms with E-state index in [1.54, 1.807) is 0 Å². The van der Waals surface area contributed by atoms with Gasteiger partial charge in [0.15, 0.2) is 0 Å². The fourth-order valence-corrected chi connectivity index (χ4v) is 11.4. The topological polar surface area (TPSA) is 95.9 Å². The number of esters is 1. The van der Waals surface area contributed by atoms with Crippen molar-refractivity contribution in [3.8, 4) is 0 Å². The Kier molecular flexibility index (Phi) is 65.9. The van der Waals surface area contributed by atoms with E-state index in [9.17, 15) is 19.8 Å². The molecule has 1 amide bonds. The van der Waals surface area contributed by atoms with Crippen molar-refractivity contribution in [2.24, 2.45) is 0 Å². The molecule has 0 bridgehead atoms. The molecule has 0 heterocycles. The first kappa shape index (κ1) is 75.6. The second-order valence-corrected chi connectivity index (χ2v) is 24.6. The van der Waals surface area contributed by atoms with Crippen LogP contribution < -0.4 is 5.32 Å². The molecule has 0 saturated heterocycles. The van der Waals surface area contributed by atoms with E-state index in [1.807, 2.05) is 0 Å². The lowest BCUT2D eigenvalue weighted by molar-refractivity contribution is -0.143. The van der Waals surface area contributed by atoms with E-state index in [4.69, 9.17) is 4.74 Å². The Morgan fingerprint density at radius 2 is 0.610 bits per heavy atom. The van der Waals surface area contributed by atoms with Crippen LogP contribution in [0.15, 0.2) is 12.2 Å². The van der Waals surface area contributed by atoms with Gasteiger partial charge in [-0.1, -0.05) is 353 Å². The van der Waals surface area contributed by atoms with Crippen molar-refractivity contribution < 1.29 is 24.5 Å². The van der Waals surface area contributed by atoms with Crippen LogP contribution in [0.1, 0.15) is 406 Å². The number of nitrogens with one attached hydrogen (secondary N) is 1. The van der Waals surface area contributed by atoms with Gasteiger partial charge in [-0.15, -0.1) is 0 Å². The van der Waals surface area contributed by atoms with Crippen LogP contribution in [0.25, 0.3) is 0 Å². The Morgan fingerprint density at radius 3 is 0.922 bits per heavy atom. The second kappa shape index (κ2) is 67.1. The number of unbranched alkanes of at least 4 members (excludes halogenated alkanes) is 54. The van der Waals surface area contributed by atoms with E-state index in [0.717, 1.165) is 38.5 Å². The van der Waals surface area contributed by atoms with Gasteiger partial charge >= 0.3 is 5.97 Å². The summed E-state index contributed by atoms with van der Waals surface area (Å²) < 4.78 is 5.50. The molecule has 0 saturated carbocycles. The number of amides is 1. The Morgan fingerprint density at radius 1 is 0.351 bits per heavy atom. The highest BCUT2D eigenvalue weighted by molar-refractivity contribution is 5.76. The van der Waals surface area contributed by atoms with Gasteiger partial charge in [-0.25, -0.2) is 0 Å². The van der Waals surface area contributed by atoms with Gasteiger partial charge in [0.05, 0.1) is 25.4 Å². The normalized spacial score (nSPS) is 12.5. The van der Waals surface area contributed by atoms with Crippen molar-refractivity contribution in [2.45, 2.75) is 418 Å². The van der Waals surface area contributed by atoms with E-state index < -0.39 is 12.1 Å². The van der Waals surface area contributed by atoms with E-state index in [2.05, 4.69) is 31.3 Å². The fraction of sp³-hybridized carbons (Fsp3) is 0.944. The summed E-state index contributed by atoms with van der Waals surface area (Å²) in [5.74, 6) is -0.0137. The van der Waals surface area contributed by atoms with Gasteiger partial charge < -0.3 is 20.3 Å². The van der Waals surface area contributed by atoms with Crippen molar-refractivity contribution in [1.82, 2.24) is 5.32 Å². The lowest BCUT2D eigenvalue weighted by Crippen LogP contribution is -2.45. The van der Waals surface area contributed by atoms with Gasteiger partial charge in [-0.2, -0.15) is 0 Å². The summed E-state index contributed by atoms with van der Waals surface area (Å²) in [7, 11) is 0. The molecule has 2 unspecified atom stereocenters. The molecule has 0 aliphatic heterocycles. The molecule has 0 aliphatic rings. The summed E-state index contributed by atoms with van der Waals surface area (Å²) in [6, 6.07) is -0.543. The standard InChI is InChI=1S/C71H139NO5/c1-3-5-7-9-11-13-15-17-19-21-32-35-39-43-47-51-55-59-63-69(74)68(67-73)72-70(75)64-60-56-52-48-44-40-36-33-30-28-26-24-22-23-25-27-29-31-34-38-42-46-50-54-58-62-66-77-71(76)65-61-57-53-49-45-41-37-20-18-16-14-12-10-8-6-4-2/h22,24,68-69,73-74H,3-21,23,25-67H2,1-2H3,(H,72,75)/b24-22-. The summed E-state index contributed by atoms with van der Waals surface area (Å²) in [6.07, 6.45) is 82.6. The number of rotatable bonds is 67. The highest BCUT2D eigenvalue weighted by Crippen LogP contribution is 2.19. The predicted octanol–water partition coefficient (Wildman–Crippen LogP) is 22.8. The quantitative estimate of drug-likeness (QED) is 0.0320. The Labute approximate surface area is 482 Å². The third-order valence-corrected chi connectivity index (χ3v) is 16.8. The average molecular weight is 1090 g/mol. The van der Waals surface area contributed by atoms with E-state index in [0.29, 0.717) is 25.9 Å². The molecule has 458 valence electrons. The van der Waals surface area contributed by atoms with Crippen molar-refractivity contribution >= 4 is 11.9 Å². The zero-order valence-corrected chi connectivity index (χ0v) is 52.5. The number of carbonyl (C=O) groups is 2. The lowest BCUT2D eigenvalue weighted by Gasteiger charge is -2.22. The van der Waals surface area contributed by atoms with Gasteiger partial charge in [0.25, 0.3) is 0 Å². The van der Waals surface area contributed by atoms with Gasteiger partial charge in [-0.05, 0) is 51.4 Å². The number of aliphatic hydroxyl groups is 2. The van der Waals surface area contributed by atoms with Gasteiger partial charge in [0.1, 0.15) is 0 Å². The number of carbonyl (C=O) groups excluding carboxylic acids is 2.